The molecule has 0 saturated heterocycles. The zero-order valence-electron chi connectivity index (χ0n) is 14.6. The van der Waals surface area contributed by atoms with Gasteiger partial charge in [0.15, 0.2) is 0 Å². The van der Waals surface area contributed by atoms with Gasteiger partial charge in [0.25, 0.3) is 0 Å². The van der Waals surface area contributed by atoms with Crippen LogP contribution < -0.4 is 0 Å². The molecule has 0 saturated carbocycles. The van der Waals surface area contributed by atoms with Gasteiger partial charge in [0.1, 0.15) is 0 Å². The van der Waals surface area contributed by atoms with Crippen LogP contribution in [0.2, 0.25) is 0 Å². The van der Waals surface area contributed by atoms with E-state index in [-0.39, 0.29) is 5.97 Å². The molecular weight excluding hydrogens is 274 g/mol. The summed E-state index contributed by atoms with van der Waals surface area (Å²) in [5, 5.41) is 0. The van der Waals surface area contributed by atoms with Gasteiger partial charge in [-0.05, 0) is 44.5 Å². The van der Waals surface area contributed by atoms with Crippen LogP contribution >= 0.6 is 0 Å². The number of rotatable bonds is 10. The van der Waals surface area contributed by atoms with Crippen molar-refractivity contribution in [2.24, 2.45) is 5.92 Å². The fraction of sp³-hybridized carbons (Fsp3) is 0.632. The maximum Gasteiger partial charge on any atom is 0.338 e. The van der Waals surface area contributed by atoms with Gasteiger partial charge in [0, 0.05) is 6.54 Å². The first-order chi connectivity index (χ1) is 10.6. The first-order valence-electron chi connectivity index (χ1n) is 8.48. The minimum atomic E-state index is -0.177. The van der Waals surface area contributed by atoms with Gasteiger partial charge in [-0.1, -0.05) is 51.3 Å². The number of benzene rings is 1. The Balaban J connectivity index is 2.60. The third-order valence-electron chi connectivity index (χ3n) is 4.06. The summed E-state index contributed by atoms with van der Waals surface area (Å²) in [4.78, 5) is 14.5. The van der Waals surface area contributed by atoms with E-state index in [1.807, 2.05) is 38.4 Å². The molecule has 0 aliphatic rings. The third-order valence-corrected chi connectivity index (χ3v) is 4.06. The predicted octanol–water partition coefficient (Wildman–Crippen LogP) is 4.16. The molecule has 1 unspecified atom stereocenters. The van der Waals surface area contributed by atoms with Gasteiger partial charge >= 0.3 is 5.97 Å². The summed E-state index contributed by atoms with van der Waals surface area (Å²) in [6.07, 6.45) is 5.47. The number of nitrogens with zero attached hydrogens (tertiary/aromatic N) is 1. The normalized spacial score (nSPS) is 12.4. The van der Waals surface area contributed by atoms with Crippen LogP contribution in [0.15, 0.2) is 24.3 Å². The number of hydrogen-bond donors (Lipinski definition) is 0. The van der Waals surface area contributed by atoms with Gasteiger partial charge in [-0.25, -0.2) is 4.79 Å². The maximum atomic E-state index is 12.4. The number of likely N-dealkylation sites (N-methyl/N-ethyl adjacent to an activating group) is 1. The summed E-state index contributed by atoms with van der Waals surface area (Å²) in [6, 6.07) is 7.79. The molecule has 1 aromatic carbocycles. The molecule has 22 heavy (non-hydrogen) atoms. The van der Waals surface area contributed by atoms with E-state index < -0.39 is 0 Å². The zero-order chi connectivity index (χ0) is 16.4. The summed E-state index contributed by atoms with van der Waals surface area (Å²) in [5.74, 6) is 0.308. The summed E-state index contributed by atoms with van der Waals surface area (Å²) in [5.41, 5.74) is 1.79. The minimum Gasteiger partial charge on any atom is -0.462 e. The Morgan fingerprint density at radius 3 is 2.59 bits per heavy atom. The number of ether oxygens (including phenoxy) is 1. The van der Waals surface area contributed by atoms with Gasteiger partial charge in [-0.3, -0.25) is 0 Å². The number of unbranched alkanes of at least 4 members (excludes halogenated alkanes) is 1. The van der Waals surface area contributed by atoms with E-state index in [2.05, 4.69) is 18.7 Å². The van der Waals surface area contributed by atoms with Crippen molar-refractivity contribution in [2.75, 3.05) is 27.2 Å². The Labute approximate surface area is 135 Å². The molecule has 0 heterocycles. The van der Waals surface area contributed by atoms with Crippen LogP contribution in [0, 0.1) is 5.92 Å². The highest BCUT2D eigenvalue weighted by atomic mass is 16.5. The van der Waals surface area contributed by atoms with Crippen molar-refractivity contribution >= 4 is 5.97 Å². The summed E-state index contributed by atoms with van der Waals surface area (Å²) >= 11 is 0. The number of carbonyl (C=O) groups excluding carboxylic acids is 1. The molecule has 0 fully saturated rings. The van der Waals surface area contributed by atoms with Crippen LogP contribution in [0.25, 0.3) is 0 Å². The lowest BCUT2D eigenvalue weighted by Gasteiger charge is -2.16. The van der Waals surface area contributed by atoms with Gasteiger partial charge in [-0.2, -0.15) is 0 Å². The molecule has 0 bridgehead atoms. The van der Waals surface area contributed by atoms with Crippen molar-refractivity contribution in [1.82, 2.24) is 4.90 Å². The van der Waals surface area contributed by atoms with E-state index in [0.29, 0.717) is 12.5 Å². The molecule has 124 valence electrons. The average molecular weight is 305 g/mol. The number of carbonyl (C=O) groups is 1. The summed E-state index contributed by atoms with van der Waals surface area (Å²) in [6.45, 7) is 5.83. The molecular formula is C19H31NO2. The summed E-state index contributed by atoms with van der Waals surface area (Å²) < 4.78 is 5.57. The Morgan fingerprint density at radius 1 is 1.23 bits per heavy atom. The van der Waals surface area contributed by atoms with Crippen LogP contribution in [-0.2, 0) is 11.2 Å². The highest BCUT2D eigenvalue weighted by Gasteiger charge is 2.15. The molecule has 0 amide bonds. The van der Waals surface area contributed by atoms with Crippen molar-refractivity contribution < 1.29 is 9.53 Å². The van der Waals surface area contributed by atoms with E-state index in [1.54, 1.807) is 0 Å². The monoisotopic (exact) mass is 305 g/mol. The molecule has 1 rings (SSSR count). The molecule has 1 atom stereocenters. The van der Waals surface area contributed by atoms with E-state index in [9.17, 15) is 4.79 Å². The lowest BCUT2D eigenvalue weighted by atomic mass is 10.0. The highest BCUT2D eigenvalue weighted by Crippen LogP contribution is 2.16. The maximum absolute atomic E-state index is 12.4. The van der Waals surface area contributed by atoms with E-state index >= 15 is 0 Å². The van der Waals surface area contributed by atoms with Crippen molar-refractivity contribution in [3.8, 4) is 0 Å². The van der Waals surface area contributed by atoms with Crippen LogP contribution in [0.5, 0.6) is 0 Å². The Hall–Kier alpha value is -1.35. The number of esters is 1. The Bertz CT molecular complexity index is 443. The lowest BCUT2D eigenvalue weighted by Crippen LogP contribution is -2.18. The van der Waals surface area contributed by atoms with Gasteiger partial charge in [-0.15, -0.1) is 0 Å². The first-order valence-corrected chi connectivity index (χ1v) is 8.48. The van der Waals surface area contributed by atoms with E-state index in [0.717, 1.165) is 36.9 Å². The second-order valence-electron chi connectivity index (χ2n) is 6.23. The molecule has 1 aromatic rings. The quantitative estimate of drug-likeness (QED) is 0.608. The molecule has 0 spiro atoms. The lowest BCUT2D eigenvalue weighted by molar-refractivity contribution is 0.0427. The molecule has 0 aliphatic heterocycles. The molecule has 0 radical (unpaired) electrons. The van der Waals surface area contributed by atoms with Crippen LogP contribution in [0.4, 0.5) is 0 Å². The third kappa shape index (κ3) is 6.61. The highest BCUT2D eigenvalue weighted by molar-refractivity contribution is 5.91. The molecule has 0 aliphatic carbocycles. The largest absolute Gasteiger partial charge is 0.462 e. The SMILES string of the molecule is CCCCC(CC)COC(=O)c1ccccc1CCN(C)C. The smallest absolute Gasteiger partial charge is 0.338 e. The molecule has 0 aromatic heterocycles. The molecule has 3 nitrogen and oxygen atoms in total. The number of hydrogen-bond acceptors (Lipinski definition) is 3. The second-order valence-corrected chi connectivity index (χ2v) is 6.23. The first kappa shape index (κ1) is 18.7. The van der Waals surface area contributed by atoms with Gasteiger partial charge < -0.3 is 9.64 Å². The van der Waals surface area contributed by atoms with Crippen molar-refractivity contribution in [3.05, 3.63) is 35.4 Å². The second kappa shape index (κ2) is 10.4. The standard InChI is InChI=1S/C19H31NO2/c1-5-7-10-16(6-2)15-22-19(21)18-12-9-8-11-17(18)13-14-20(3)4/h8-9,11-12,16H,5-7,10,13-15H2,1-4H3. The van der Waals surface area contributed by atoms with Crippen LogP contribution in [-0.4, -0.2) is 38.1 Å². The Kier molecular flexibility index (Phi) is 8.83. The van der Waals surface area contributed by atoms with Crippen molar-refractivity contribution in [3.63, 3.8) is 0 Å². The predicted molar refractivity (Wildman–Crippen MR) is 92.3 cm³/mol. The van der Waals surface area contributed by atoms with E-state index in [4.69, 9.17) is 4.74 Å². The summed E-state index contributed by atoms with van der Waals surface area (Å²) in [7, 11) is 4.08. The molecule has 3 heteroatoms. The fourth-order valence-corrected chi connectivity index (χ4v) is 2.45. The van der Waals surface area contributed by atoms with Gasteiger partial charge in [0.2, 0.25) is 0 Å². The van der Waals surface area contributed by atoms with Crippen molar-refractivity contribution in [2.45, 2.75) is 46.0 Å². The molecule has 0 N–H and O–H groups in total. The van der Waals surface area contributed by atoms with Crippen LogP contribution in [0.3, 0.4) is 0 Å². The van der Waals surface area contributed by atoms with Crippen molar-refractivity contribution in [1.29, 1.82) is 0 Å². The van der Waals surface area contributed by atoms with Gasteiger partial charge in [0.05, 0.1) is 12.2 Å². The zero-order valence-corrected chi connectivity index (χ0v) is 14.6. The van der Waals surface area contributed by atoms with E-state index in [1.165, 1.54) is 12.8 Å². The minimum absolute atomic E-state index is 0.177. The van der Waals surface area contributed by atoms with Crippen LogP contribution in [0.1, 0.15) is 55.5 Å². The Morgan fingerprint density at radius 2 is 1.95 bits per heavy atom. The average Bonchev–Trinajstić information content (AvgIpc) is 2.53. The fourth-order valence-electron chi connectivity index (χ4n) is 2.45. The topological polar surface area (TPSA) is 29.5 Å².